The van der Waals surface area contributed by atoms with E-state index in [4.69, 9.17) is 5.73 Å². The fourth-order valence-electron chi connectivity index (χ4n) is 1.66. The molecule has 2 aromatic rings. The summed E-state index contributed by atoms with van der Waals surface area (Å²) < 4.78 is 28.4. The maximum absolute atomic E-state index is 12.2. The minimum Gasteiger partial charge on any atom is -0.382 e. The van der Waals surface area contributed by atoms with Crippen molar-refractivity contribution in [2.45, 2.75) is 18.2 Å². The predicted octanol–water partition coefficient (Wildman–Crippen LogP) is 1.14. The lowest BCUT2D eigenvalue weighted by atomic mass is 10.3. The van der Waals surface area contributed by atoms with Gasteiger partial charge in [-0.2, -0.15) is 5.10 Å². The van der Waals surface area contributed by atoms with E-state index in [0.29, 0.717) is 18.1 Å². The summed E-state index contributed by atoms with van der Waals surface area (Å²) in [5.74, 6) is 0.341. The number of anilines is 1. The molecule has 3 N–H and O–H groups in total. The average Bonchev–Trinajstić information content (AvgIpc) is 2.83. The molecule has 0 unspecified atom stereocenters. The normalized spacial score (nSPS) is 11.6. The van der Waals surface area contributed by atoms with Crippen molar-refractivity contribution in [3.8, 4) is 5.69 Å². The van der Waals surface area contributed by atoms with E-state index < -0.39 is 10.0 Å². The van der Waals surface area contributed by atoms with Crippen LogP contribution in [0.3, 0.4) is 0 Å². The molecule has 102 valence electrons. The molecule has 0 saturated carbocycles. The molecule has 6 nitrogen and oxygen atoms in total. The van der Waals surface area contributed by atoms with E-state index in [1.165, 1.54) is 4.68 Å². The molecule has 0 saturated heterocycles. The van der Waals surface area contributed by atoms with Crippen LogP contribution < -0.4 is 10.5 Å². The highest BCUT2D eigenvalue weighted by atomic mass is 32.2. The number of nitrogens with two attached hydrogens (primary N) is 1. The molecular formula is C12H16N4O2S. The molecule has 0 bridgehead atoms. The van der Waals surface area contributed by atoms with E-state index >= 15 is 0 Å². The van der Waals surface area contributed by atoms with Crippen molar-refractivity contribution < 1.29 is 8.42 Å². The van der Waals surface area contributed by atoms with Gasteiger partial charge in [-0.15, -0.1) is 0 Å². The second-order valence-corrected chi connectivity index (χ2v) is 5.79. The van der Waals surface area contributed by atoms with Crippen molar-refractivity contribution in [2.24, 2.45) is 0 Å². The molecule has 0 aliphatic carbocycles. The Morgan fingerprint density at radius 3 is 2.68 bits per heavy atom. The summed E-state index contributed by atoms with van der Waals surface area (Å²) in [6.45, 7) is 2.31. The van der Waals surface area contributed by atoms with Crippen LogP contribution in [0.1, 0.15) is 13.3 Å². The van der Waals surface area contributed by atoms with Crippen LogP contribution in [0, 0.1) is 0 Å². The Morgan fingerprint density at radius 1 is 1.32 bits per heavy atom. The zero-order valence-corrected chi connectivity index (χ0v) is 11.4. The summed E-state index contributed by atoms with van der Waals surface area (Å²) in [4.78, 5) is 0.187. The number of nitrogen functional groups attached to an aromatic ring is 1. The summed E-state index contributed by atoms with van der Waals surface area (Å²) in [6.07, 6.45) is 2.36. The van der Waals surface area contributed by atoms with Crippen LogP contribution in [0.25, 0.3) is 5.69 Å². The van der Waals surface area contributed by atoms with Gasteiger partial charge in [0.15, 0.2) is 0 Å². The van der Waals surface area contributed by atoms with Gasteiger partial charge in [-0.05, 0) is 18.6 Å². The Labute approximate surface area is 112 Å². The van der Waals surface area contributed by atoms with Gasteiger partial charge in [0.1, 0.15) is 10.7 Å². The number of hydrogen-bond donors (Lipinski definition) is 2. The van der Waals surface area contributed by atoms with Gasteiger partial charge in [0.2, 0.25) is 10.0 Å². The monoisotopic (exact) mass is 280 g/mol. The summed E-state index contributed by atoms with van der Waals surface area (Å²) in [5.41, 5.74) is 6.03. The van der Waals surface area contributed by atoms with Gasteiger partial charge >= 0.3 is 0 Å². The lowest BCUT2D eigenvalue weighted by Gasteiger charge is -2.10. The standard InChI is InChI=1S/C12H16N4O2S/c1-2-8-14-19(17,18)11-6-4-3-5-10(11)16-9-7-12(13)15-16/h3-7,9,14H,2,8H2,1H3,(H2,13,15). The third kappa shape index (κ3) is 2.94. The van der Waals surface area contributed by atoms with Crippen LogP contribution in [0.2, 0.25) is 0 Å². The maximum atomic E-state index is 12.2. The number of nitrogens with one attached hydrogen (secondary N) is 1. The number of sulfonamides is 1. The Kier molecular flexibility index (Phi) is 3.87. The fourth-order valence-corrected chi connectivity index (χ4v) is 2.98. The maximum Gasteiger partial charge on any atom is 0.242 e. The lowest BCUT2D eigenvalue weighted by molar-refractivity contribution is 0.579. The van der Waals surface area contributed by atoms with Crippen molar-refractivity contribution in [3.05, 3.63) is 36.5 Å². The van der Waals surface area contributed by atoms with Crippen LogP contribution in [-0.2, 0) is 10.0 Å². The quantitative estimate of drug-likeness (QED) is 0.859. The molecule has 19 heavy (non-hydrogen) atoms. The molecular weight excluding hydrogens is 264 g/mol. The molecule has 7 heteroatoms. The van der Waals surface area contributed by atoms with Gasteiger partial charge in [-0.1, -0.05) is 19.1 Å². The molecule has 0 radical (unpaired) electrons. The van der Waals surface area contributed by atoms with Crippen LogP contribution in [0.5, 0.6) is 0 Å². The second kappa shape index (κ2) is 5.41. The Morgan fingerprint density at radius 2 is 2.05 bits per heavy atom. The summed E-state index contributed by atoms with van der Waals surface area (Å²) >= 11 is 0. The highest BCUT2D eigenvalue weighted by Crippen LogP contribution is 2.19. The second-order valence-electron chi connectivity index (χ2n) is 4.05. The smallest absolute Gasteiger partial charge is 0.242 e. The van der Waals surface area contributed by atoms with Gasteiger partial charge in [0.25, 0.3) is 0 Å². The fraction of sp³-hybridized carbons (Fsp3) is 0.250. The molecule has 0 atom stereocenters. The topological polar surface area (TPSA) is 90.0 Å². The van der Waals surface area contributed by atoms with Gasteiger partial charge in [-0.25, -0.2) is 17.8 Å². The van der Waals surface area contributed by atoms with Crippen LogP contribution in [0.15, 0.2) is 41.4 Å². The lowest BCUT2D eigenvalue weighted by Crippen LogP contribution is -2.25. The average molecular weight is 280 g/mol. The number of nitrogens with zero attached hydrogens (tertiary/aromatic N) is 2. The Hall–Kier alpha value is -1.86. The van der Waals surface area contributed by atoms with E-state index in [1.807, 2.05) is 6.92 Å². The first-order valence-electron chi connectivity index (χ1n) is 5.95. The van der Waals surface area contributed by atoms with Crippen LogP contribution in [0.4, 0.5) is 5.82 Å². The molecule has 0 aliphatic heterocycles. The van der Waals surface area contributed by atoms with E-state index in [2.05, 4.69) is 9.82 Å². The molecule has 1 aromatic heterocycles. The van der Waals surface area contributed by atoms with Crippen LogP contribution >= 0.6 is 0 Å². The molecule has 0 spiro atoms. The largest absolute Gasteiger partial charge is 0.382 e. The first-order chi connectivity index (χ1) is 9.04. The zero-order chi connectivity index (χ0) is 13.9. The van der Waals surface area contributed by atoms with Gasteiger partial charge in [-0.3, -0.25) is 0 Å². The number of hydrogen-bond acceptors (Lipinski definition) is 4. The number of aromatic nitrogens is 2. The van der Waals surface area contributed by atoms with E-state index in [0.717, 1.165) is 6.42 Å². The predicted molar refractivity (Wildman–Crippen MR) is 73.5 cm³/mol. The van der Waals surface area contributed by atoms with E-state index in [-0.39, 0.29) is 4.90 Å². The van der Waals surface area contributed by atoms with Crippen molar-refractivity contribution in [1.29, 1.82) is 0 Å². The summed E-state index contributed by atoms with van der Waals surface area (Å²) in [6, 6.07) is 8.28. The number of benzene rings is 1. The minimum absolute atomic E-state index is 0.187. The molecule has 0 aliphatic rings. The Bertz CT molecular complexity index is 664. The molecule has 0 fully saturated rings. The minimum atomic E-state index is -3.54. The highest BCUT2D eigenvalue weighted by Gasteiger charge is 2.18. The number of para-hydroxylation sites is 1. The van der Waals surface area contributed by atoms with Crippen molar-refractivity contribution >= 4 is 15.8 Å². The Balaban J connectivity index is 2.47. The first-order valence-corrected chi connectivity index (χ1v) is 7.43. The van der Waals surface area contributed by atoms with Gasteiger partial charge < -0.3 is 5.73 Å². The SMILES string of the molecule is CCCNS(=O)(=O)c1ccccc1-n1ccc(N)n1. The third-order valence-corrected chi connectivity index (χ3v) is 4.06. The molecule has 1 heterocycles. The van der Waals surface area contributed by atoms with Crippen molar-refractivity contribution in [3.63, 3.8) is 0 Å². The van der Waals surface area contributed by atoms with E-state index in [9.17, 15) is 8.42 Å². The first kappa shape index (κ1) is 13.6. The van der Waals surface area contributed by atoms with Crippen molar-refractivity contribution in [2.75, 3.05) is 12.3 Å². The van der Waals surface area contributed by atoms with Gasteiger partial charge in [0.05, 0.1) is 5.69 Å². The molecule has 1 aromatic carbocycles. The van der Waals surface area contributed by atoms with Crippen LogP contribution in [-0.4, -0.2) is 24.7 Å². The summed E-state index contributed by atoms with van der Waals surface area (Å²) in [5, 5.41) is 4.04. The number of rotatable bonds is 5. The summed E-state index contributed by atoms with van der Waals surface area (Å²) in [7, 11) is -3.54. The molecule has 2 rings (SSSR count). The zero-order valence-electron chi connectivity index (χ0n) is 10.6. The molecule has 0 amide bonds. The highest BCUT2D eigenvalue weighted by molar-refractivity contribution is 7.89. The van der Waals surface area contributed by atoms with E-state index in [1.54, 1.807) is 36.5 Å². The van der Waals surface area contributed by atoms with Gasteiger partial charge in [0, 0.05) is 18.8 Å². The third-order valence-electron chi connectivity index (χ3n) is 2.55. The van der Waals surface area contributed by atoms with Crippen molar-refractivity contribution in [1.82, 2.24) is 14.5 Å².